The van der Waals surface area contributed by atoms with Gasteiger partial charge in [-0.1, -0.05) is 0 Å². The number of oxazole rings is 1. The average molecular weight is 2020 g/mol. The van der Waals surface area contributed by atoms with E-state index >= 15 is 0 Å². The Bertz CT molecular complexity index is 7330. The number of carbonyl (C=O) groups excluding carboxylic acids is 5. The largest absolute Gasteiger partial charge is 0.449 e. The first kappa shape index (κ1) is 103. The van der Waals surface area contributed by atoms with Crippen molar-refractivity contribution in [3.05, 3.63) is 323 Å². The SMILES string of the molecule is Cc1cc(CC2CN(C(=O)Nc3nc(-c4ccc(F)cc4C)ccc3N)C2)ncn1.Cc1cc(F)ccc1-c1ccc(N)c(NC(=O)N2CC(C(F)(F)c3ncccn3)C2)n1.Cc1cc(F)ccc1-c1ccc(N)c(NC(=O)N2CC(Cc3cncnc3)C2)n1.Cc1cc(F)ccc1-c1ccc(N)c(NC(=O)N2CC(Cc3ncc(F)cn3)C2)n1.Cc1cc(F)ccc1-c1ccc(N)c(NC(=O)N2CC(Cc3ncco3)C2)n1. The van der Waals surface area contributed by atoms with Crippen molar-refractivity contribution in [3.63, 3.8) is 0 Å². The van der Waals surface area contributed by atoms with Crippen molar-refractivity contribution in [3.8, 4) is 56.3 Å². The summed E-state index contributed by atoms with van der Waals surface area (Å²) in [6.07, 6.45) is 17.5. The fourth-order valence-corrected chi connectivity index (χ4v) is 17.1. The molecule has 0 aliphatic carbocycles. The monoisotopic (exact) mass is 2020 g/mol. The van der Waals surface area contributed by atoms with Gasteiger partial charge >= 0.3 is 36.1 Å². The molecule has 15 aromatic rings. The minimum Gasteiger partial charge on any atom is -0.449 e. The lowest BCUT2D eigenvalue weighted by Gasteiger charge is -2.42. The van der Waals surface area contributed by atoms with Crippen LogP contribution >= 0.6 is 0 Å². The summed E-state index contributed by atoms with van der Waals surface area (Å²) in [5.41, 5.74) is 45.0. The molecule has 760 valence electrons. The van der Waals surface area contributed by atoms with Crippen LogP contribution in [0.3, 0.4) is 0 Å². The standard InChI is InChI=1S/C22H23FN6O.C21H19F3N6O.C21H20F2N6O.C21H21FN6O.C20H20FN5O2/c1-13-7-16(23)3-4-18(13)20-6-5-19(24)21(27-20)28-22(30)29-10-15(11-29)9-17-8-14(2)25-12-26-17;1-12-9-14(22)3-4-15(12)17-6-5-16(25)18(28-17)29-20(31)30-10-13(11-30)21(23,24)19-26-7-2-8-27-19;1-12-6-14(22)2-3-16(12)18-5-4-17(24)20(27-18)28-21(30)29-10-13(11-29)7-19-25-8-15(23)9-26-19;1-13-6-16(22)2-3-17(13)19-5-4-18(23)20(26-19)27-21(29)28-10-15(11-28)7-14-8-24-12-25-9-14;1-12-8-14(21)2-3-15(12)17-5-4-16(22)19(24-17)25-20(27)26-10-13(11-26)9-18-23-6-7-28-18/h3-8,12,15H,9-11,24H2,1-2H3,(H,27,28,30);2-9,13H,10-11,25H2,1H3,(H,28,29,31);2-6,8-9,13H,7,10-11,24H2,1H3,(H,27,28,30);2-6,8-9,12,15H,7,10-11,23H2,1H3,(H,26,27,29);2-8,13H,9-11,22H2,1H3,(H,24,25,27). The van der Waals surface area contributed by atoms with Crippen molar-refractivity contribution >= 4 is 87.7 Å². The first-order valence-corrected chi connectivity index (χ1v) is 47.0. The average Bonchev–Trinajstić information content (AvgIpc) is 1.10. The van der Waals surface area contributed by atoms with Gasteiger partial charge in [-0.3, -0.25) is 26.6 Å². The molecule has 0 saturated carbocycles. The maximum atomic E-state index is 14.5. The Hall–Kier alpha value is -17.8. The molecule has 5 aliphatic rings. The second-order valence-electron chi connectivity index (χ2n) is 36.5. The number of anilines is 10. The first-order chi connectivity index (χ1) is 71.0. The number of nitrogens with two attached hydrogens (primary N) is 5. The van der Waals surface area contributed by atoms with Crippen LogP contribution in [0.1, 0.15) is 62.3 Å². The number of urea groups is 5. The second kappa shape index (κ2) is 45.8. The highest BCUT2D eigenvalue weighted by Crippen LogP contribution is 2.41. The van der Waals surface area contributed by atoms with Gasteiger partial charge in [0.15, 0.2) is 46.6 Å². The van der Waals surface area contributed by atoms with Crippen molar-refractivity contribution in [2.45, 2.75) is 73.1 Å². The highest BCUT2D eigenvalue weighted by Gasteiger charge is 2.52. The third kappa shape index (κ3) is 25.9. The maximum Gasteiger partial charge on any atom is 0.323 e. The van der Waals surface area contributed by atoms with Crippen molar-refractivity contribution in [1.82, 2.24) is 94.3 Å². The number of alkyl halides is 2. The lowest BCUT2D eigenvalue weighted by molar-refractivity contribution is -0.117. The van der Waals surface area contributed by atoms with Gasteiger partial charge in [0, 0.05) is 154 Å². The van der Waals surface area contributed by atoms with E-state index in [2.05, 4.69) is 96.4 Å². The predicted molar refractivity (Wildman–Crippen MR) is 542 cm³/mol. The molecule has 5 aliphatic heterocycles. The number of nitrogens with one attached hydrogen (secondary N) is 5. The minimum atomic E-state index is -3.24. The summed E-state index contributed by atoms with van der Waals surface area (Å²) in [6, 6.07) is 41.0. The predicted octanol–water partition coefficient (Wildman–Crippen LogP) is 17.6. The van der Waals surface area contributed by atoms with Gasteiger partial charge in [0.05, 0.1) is 81.4 Å². The summed E-state index contributed by atoms with van der Waals surface area (Å²) in [7, 11) is 0. The Kier molecular flexibility index (Phi) is 31.9. The number of pyridine rings is 5. The third-order valence-corrected chi connectivity index (χ3v) is 25.2. The molecule has 15 N–H and O–H groups in total. The Morgan fingerprint density at radius 2 is 0.662 bits per heavy atom. The van der Waals surface area contributed by atoms with E-state index in [-0.39, 0.29) is 89.5 Å². The fourth-order valence-electron chi connectivity index (χ4n) is 17.1. The summed E-state index contributed by atoms with van der Waals surface area (Å²) in [5, 5.41) is 13.7. The van der Waals surface area contributed by atoms with E-state index in [1.807, 2.05) is 33.8 Å². The van der Waals surface area contributed by atoms with E-state index in [0.29, 0.717) is 174 Å². The van der Waals surface area contributed by atoms with E-state index in [1.165, 1.54) is 90.4 Å². The molecule has 5 saturated heterocycles. The van der Waals surface area contributed by atoms with Crippen molar-refractivity contribution in [1.29, 1.82) is 0 Å². The molecule has 15 heterocycles. The molecular formula is C105H103F8N29O6. The summed E-state index contributed by atoms with van der Waals surface area (Å²) >= 11 is 0. The van der Waals surface area contributed by atoms with Crippen LogP contribution in [0.4, 0.5) is 117 Å². The van der Waals surface area contributed by atoms with E-state index in [0.717, 1.165) is 86.7 Å². The van der Waals surface area contributed by atoms with Gasteiger partial charge in [0.1, 0.15) is 53.8 Å². The van der Waals surface area contributed by atoms with Crippen LogP contribution in [0.2, 0.25) is 0 Å². The number of aromatic nitrogens is 14. The Morgan fingerprint density at radius 1 is 0.345 bits per heavy atom. The number of benzene rings is 5. The van der Waals surface area contributed by atoms with Crippen LogP contribution in [-0.2, 0) is 31.6 Å². The molecule has 35 nitrogen and oxygen atoms in total. The Morgan fingerprint density at radius 3 is 0.980 bits per heavy atom. The van der Waals surface area contributed by atoms with Crippen LogP contribution in [0, 0.1) is 106 Å². The van der Waals surface area contributed by atoms with Crippen molar-refractivity contribution in [2.75, 3.05) is 121 Å². The molecule has 5 fully saturated rings. The minimum absolute atomic E-state index is 0.104. The van der Waals surface area contributed by atoms with Gasteiger partial charge in [0.2, 0.25) is 0 Å². The molecule has 43 heteroatoms. The van der Waals surface area contributed by atoms with Gasteiger partial charge in [-0.15, -0.1) is 0 Å². The van der Waals surface area contributed by atoms with E-state index < -0.39 is 29.5 Å². The fraction of sp³-hybridized carbons (Fsp3) is 0.248. The second-order valence-corrected chi connectivity index (χ2v) is 36.5. The van der Waals surface area contributed by atoms with Crippen molar-refractivity contribution < 1.29 is 63.5 Å². The number of rotatable bonds is 20. The highest BCUT2D eigenvalue weighted by molar-refractivity contribution is 5.96. The number of halogens is 8. The molecule has 10 aromatic heterocycles. The molecule has 148 heavy (non-hydrogen) atoms. The van der Waals surface area contributed by atoms with E-state index in [9.17, 15) is 59.1 Å². The first-order valence-electron chi connectivity index (χ1n) is 47.0. The zero-order valence-corrected chi connectivity index (χ0v) is 81.0. The van der Waals surface area contributed by atoms with Gasteiger partial charge in [-0.05, 0) is 263 Å². The molecule has 10 amide bonds. The number of hydrogen-bond acceptors (Lipinski definition) is 25. The zero-order valence-electron chi connectivity index (χ0n) is 81.0. The molecule has 0 unspecified atom stereocenters. The summed E-state index contributed by atoms with van der Waals surface area (Å²) in [6.45, 7) is 15.5. The van der Waals surface area contributed by atoms with Crippen LogP contribution in [0.5, 0.6) is 0 Å². The molecule has 0 radical (unpaired) electrons. The van der Waals surface area contributed by atoms with Gasteiger partial charge in [-0.25, -0.2) is 120 Å². The number of nitrogens with zero attached hydrogens (tertiary/aromatic N) is 19. The molecule has 0 atom stereocenters. The van der Waals surface area contributed by atoms with Crippen LogP contribution in [0.25, 0.3) is 56.3 Å². The third-order valence-electron chi connectivity index (χ3n) is 25.2. The quantitative estimate of drug-likeness (QED) is 0.0317. The maximum absolute atomic E-state index is 14.5. The van der Waals surface area contributed by atoms with E-state index in [4.69, 9.17) is 33.1 Å². The normalized spacial score (nSPS) is 13.9. The lowest BCUT2D eigenvalue weighted by atomic mass is 9.92. The summed E-state index contributed by atoms with van der Waals surface area (Å²) in [4.78, 5) is 129. The summed E-state index contributed by atoms with van der Waals surface area (Å²) < 4.78 is 114. The highest BCUT2D eigenvalue weighted by atomic mass is 19.3. The van der Waals surface area contributed by atoms with Gasteiger partial charge < -0.3 is 57.6 Å². The lowest BCUT2D eigenvalue weighted by Crippen LogP contribution is -2.57. The number of likely N-dealkylation sites (tertiary alicyclic amines) is 5. The van der Waals surface area contributed by atoms with Crippen LogP contribution < -0.4 is 55.3 Å². The molecule has 0 spiro atoms. The Labute approximate surface area is 844 Å². The summed E-state index contributed by atoms with van der Waals surface area (Å²) in [5.74, 6) is -3.19. The molecule has 0 bridgehead atoms. The van der Waals surface area contributed by atoms with Crippen LogP contribution in [-0.4, -0.2) is 190 Å². The zero-order chi connectivity index (χ0) is 105. The van der Waals surface area contributed by atoms with Crippen molar-refractivity contribution in [2.24, 2.45) is 29.6 Å². The molecule has 5 aromatic carbocycles. The van der Waals surface area contributed by atoms with E-state index in [1.54, 1.807) is 156 Å². The number of aryl methyl sites for hydroxylation is 6. The van der Waals surface area contributed by atoms with Gasteiger partial charge in [-0.2, -0.15) is 8.78 Å². The smallest absolute Gasteiger partial charge is 0.323 e. The number of nitrogen functional groups attached to an aromatic ring is 5. The molecule has 20 rings (SSSR count). The topological polar surface area (TPSA) is 485 Å². The van der Waals surface area contributed by atoms with Crippen LogP contribution in [0.15, 0.2) is 231 Å². The Balaban J connectivity index is 0.000000132. The number of carbonyl (C=O) groups is 5. The van der Waals surface area contributed by atoms with Gasteiger partial charge in [0.25, 0.3) is 0 Å². The molecular weight excluding hydrogens is 1920 g/mol. The number of amides is 10. The number of hydrogen-bond donors (Lipinski definition) is 10.